The van der Waals surface area contributed by atoms with Gasteiger partial charge in [-0.05, 0) is 52.9 Å². The highest BCUT2D eigenvalue weighted by molar-refractivity contribution is 6.12. The van der Waals surface area contributed by atoms with Gasteiger partial charge in [-0.1, -0.05) is 142 Å². The number of likely N-dealkylation sites (N-methyl/N-ethyl adjacent to an activating group) is 1. The summed E-state index contributed by atoms with van der Waals surface area (Å²) in [6.07, 6.45) is 6.15. The van der Waals surface area contributed by atoms with Gasteiger partial charge >= 0.3 is 6.03 Å². The minimum atomic E-state index is -0.633. The predicted molar refractivity (Wildman–Crippen MR) is 213 cm³/mol. The fourth-order valence-electron chi connectivity index (χ4n) is 6.26. The van der Waals surface area contributed by atoms with Gasteiger partial charge in [0.2, 0.25) is 5.91 Å². The smallest absolute Gasteiger partial charge is 0.321 e. The van der Waals surface area contributed by atoms with E-state index in [9.17, 15) is 14.4 Å². The SMILES string of the molecule is CCCCCCCNC(=O)N(C)c1cccc(-c2ccc(C[C@H](Nc3ccccc3C(=O)c3ccccc3)C(=O)N(C)Cc3ccccc3)cc2)c1. The van der Waals surface area contributed by atoms with Crippen molar-refractivity contribution in [1.82, 2.24) is 10.2 Å². The molecule has 1 atom stereocenters. The number of anilines is 2. The van der Waals surface area contributed by atoms with Crippen molar-refractivity contribution >= 4 is 29.1 Å². The molecule has 5 aromatic carbocycles. The molecule has 0 radical (unpaired) electrons. The van der Waals surface area contributed by atoms with Crippen LogP contribution in [0, 0.1) is 0 Å². The molecule has 0 unspecified atom stereocenters. The highest BCUT2D eigenvalue weighted by atomic mass is 16.2. The van der Waals surface area contributed by atoms with Gasteiger partial charge in [0.05, 0.1) is 0 Å². The van der Waals surface area contributed by atoms with Crippen molar-refractivity contribution in [3.63, 3.8) is 0 Å². The number of hydrogen-bond donors (Lipinski definition) is 2. The van der Waals surface area contributed by atoms with Gasteiger partial charge in [-0.15, -0.1) is 0 Å². The monoisotopic (exact) mass is 694 g/mol. The van der Waals surface area contributed by atoms with Gasteiger partial charge in [-0.2, -0.15) is 0 Å². The Morgan fingerprint density at radius 2 is 1.33 bits per heavy atom. The summed E-state index contributed by atoms with van der Waals surface area (Å²) in [4.78, 5) is 43.9. The number of ketones is 1. The Labute approximate surface area is 308 Å². The summed E-state index contributed by atoms with van der Waals surface area (Å²) in [5.74, 6) is -0.186. The van der Waals surface area contributed by atoms with E-state index in [0.717, 1.165) is 40.8 Å². The zero-order valence-electron chi connectivity index (χ0n) is 30.6. The molecular formula is C45H50N4O3. The molecule has 0 saturated carbocycles. The number of nitrogens with one attached hydrogen (secondary N) is 2. The third kappa shape index (κ3) is 10.4. The lowest BCUT2D eigenvalue weighted by atomic mass is 9.98. The zero-order chi connectivity index (χ0) is 36.7. The lowest BCUT2D eigenvalue weighted by molar-refractivity contribution is -0.131. The van der Waals surface area contributed by atoms with Crippen molar-refractivity contribution in [3.8, 4) is 11.1 Å². The molecule has 5 aromatic rings. The van der Waals surface area contributed by atoms with E-state index < -0.39 is 6.04 Å². The van der Waals surface area contributed by atoms with Crippen LogP contribution in [0.2, 0.25) is 0 Å². The fraction of sp³-hybridized carbons (Fsp3) is 0.267. The van der Waals surface area contributed by atoms with Gasteiger partial charge in [0, 0.05) is 56.1 Å². The standard InChI is InChI=1S/C45H50N4O3/c1-4-5-6-7-16-30-46-45(52)49(3)39-23-17-22-38(32-39)36-28-26-34(27-29-36)31-42(44(51)48(2)33-35-18-10-8-11-19-35)47-41-25-15-14-24-40(41)43(50)37-20-12-9-13-21-37/h8-15,17-29,32,42,47H,4-7,16,30-31,33H2,1-3H3,(H,46,52)/t42-/m0/s1. The number of carbonyl (C=O) groups excluding carboxylic acids is 3. The lowest BCUT2D eigenvalue weighted by Gasteiger charge is -2.26. The Kier molecular flexibility index (Phi) is 13.8. The number of rotatable bonds is 17. The van der Waals surface area contributed by atoms with Crippen LogP contribution >= 0.6 is 0 Å². The summed E-state index contributed by atoms with van der Waals surface area (Å²) in [6, 6.07) is 41.8. The van der Waals surface area contributed by atoms with Crippen molar-refractivity contribution < 1.29 is 14.4 Å². The van der Waals surface area contributed by atoms with Crippen molar-refractivity contribution in [2.75, 3.05) is 30.9 Å². The minimum Gasteiger partial charge on any atom is -0.373 e. The molecule has 0 aromatic heterocycles. The van der Waals surface area contributed by atoms with E-state index in [-0.39, 0.29) is 17.7 Å². The van der Waals surface area contributed by atoms with Crippen LogP contribution in [0.5, 0.6) is 0 Å². The second-order valence-electron chi connectivity index (χ2n) is 13.3. The van der Waals surface area contributed by atoms with Crippen LogP contribution in [0.1, 0.15) is 66.1 Å². The summed E-state index contributed by atoms with van der Waals surface area (Å²) in [5, 5.41) is 6.50. The number of para-hydroxylation sites is 1. The Balaban J connectivity index is 1.32. The number of nitrogens with zero attached hydrogens (tertiary/aromatic N) is 2. The molecule has 268 valence electrons. The Morgan fingerprint density at radius 3 is 2.06 bits per heavy atom. The number of hydrogen-bond acceptors (Lipinski definition) is 4. The molecule has 52 heavy (non-hydrogen) atoms. The summed E-state index contributed by atoms with van der Waals surface area (Å²) in [5.41, 5.74) is 6.53. The molecular weight excluding hydrogens is 645 g/mol. The van der Waals surface area contributed by atoms with E-state index in [2.05, 4.69) is 17.6 Å². The molecule has 7 nitrogen and oxygen atoms in total. The van der Waals surface area contributed by atoms with Crippen molar-refractivity contribution in [2.24, 2.45) is 0 Å². The minimum absolute atomic E-state index is 0.0788. The molecule has 0 saturated heterocycles. The topological polar surface area (TPSA) is 81.8 Å². The van der Waals surface area contributed by atoms with E-state index in [1.54, 1.807) is 35.0 Å². The quantitative estimate of drug-likeness (QED) is 0.0751. The van der Waals surface area contributed by atoms with E-state index in [1.807, 2.05) is 122 Å². The number of benzene rings is 5. The van der Waals surface area contributed by atoms with Crippen LogP contribution in [0.3, 0.4) is 0 Å². The second-order valence-corrected chi connectivity index (χ2v) is 13.3. The molecule has 0 aliphatic rings. The third-order valence-corrected chi connectivity index (χ3v) is 9.30. The van der Waals surface area contributed by atoms with E-state index in [0.29, 0.717) is 36.3 Å². The zero-order valence-corrected chi connectivity index (χ0v) is 30.6. The molecule has 0 spiro atoms. The third-order valence-electron chi connectivity index (χ3n) is 9.30. The van der Waals surface area contributed by atoms with Crippen molar-refractivity contribution in [3.05, 3.63) is 156 Å². The molecule has 0 heterocycles. The van der Waals surface area contributed by atoms with Crippen molar-refractivity contribution in [1.29, 1.82) is 0 Å². The summed E-state index contributed by atoms with van der Waals surface area (Å²) >= 11 is 0. The number of urea groups is 1. The summed E-state index contributed by atoms with van der Waals surface area (Å²) in [7, 11) is 3.60. The molecule has 0 bridgehead atoms. The fourth-order valence-corrected chi connectivity index (χ4v) is 6.26. The molecule has 0 aliphatic heterocycles. The van der Waals surface area contributed by atoms with E-state index >= 15 is 0 Å². The number of carbonyl (C=O) groups is 3. The van der Waals surface area contributed by atoms with Gasteiger partial charge in [0.25, 0.3) is 0 Å². The van der Waals surface area contributed by atoms with Crippen LogP contribution in [-0.2, 0) is 17.8 Å². The van der Waals surface area contributed by atoms with Gasteiger partial charge in [0.1, 0.15) is 6.04 Å². The van der Waals surface area contributed by atoms with Crippen molar-refractivity contribution in [2.45, 2.75) is 58.0 Å². The molecule has 0 aliphatic carbocycles. The van der Waals surface area contributed by atoms with Crippen LogP contribution in [0.15, 0.2) is 133 Å². The first-order valence-corrected chi connectivity index (χ1v) is 18.3. The molecule has 7 heteroatoms. The Morgan fingerprint density at radius 1 is 0.654 bits per heavy atom. The van der Waals surface area contributed by atoms with Crippen LogP contribution in [0.4, 0.5) is 16.2 Å². The molecule has 2 N–H and O–H groups in total. The normalized spacial score (nSPS) is 11.4. The van der Waals surface area contributed by atoms with Crippen LogP contribution in [-0.4, -0.2) is 49.3 Å². The summed E-state index contributed by atoms with van der Waals surface area (Å²) < 4.78 is 0. The van der Waals surface area contributed by atoms with Gasteiger partial charge in [0.15, 0.2) is 5.78 Å². The van der Waals surface area contributed by atoms with Crippen LogP contribution < -0.4 is 15.5 Å². The molecule has 5 rings (SSSR count). The van der Waals surface area contributed by atoms with Gasteiger partial charge in [-0.25, -0.2) is 4.79 Å². The lowest BCUT2D eigenvalue weighted by Crippen LogP contribution is -2.42. The average Bonchev–Trinajstić information content (AvgIpc) is 3.19. The number of unbranched alkanes of at least 4 members (excludes halogenated alkanes) is 4. The van der Waals surface area contributed by atoms with Gasteiger partial charge < -0.3 is 15.5 Å². The maximum absolute atomic E-state index is 14.1. The molecule has 0 fully saturated rings. The molecule has 3 amide bonds. The van der Waals surface area contributed by atoms with E-state index in [1.165, 1.54) is 19.3 Å². The maximum Gasteiger partial charge on any atom is 0.321 e. The highest BCUT2D eigenvalue weighted by Crippen LogP contribution is 2.26. The first-order chi connectivity index (χ1) is 25.3. The van der Waals surface area contributed by atoms with E-state index in [4.69, 9.17) is 0 Å². The largest absolute Gasteiger partial charge is 0.373 e. The average molecular weight is 695 g/mol. The first kappa shape index (κ1) is 37.6. The van der Waals surface area contributed by atoms with Crippen LogP contribution in [0.25, 0.3) is 11.1 Å². The first-order valence-electron chi connectivity index (χ1n) is 18.3. The Hall–Kier alpha value is -5.69. The number of amides is 3. The predicted octanol–water partition coefficient (Wildman–Crippen LogP) is 9.38. The summed E-state index contributed by atoms with van der Waals surface area (Å²) in [6.45, 7) is 3.33. The van der Waals surface area contributed by atoms with Gasteiger partial charge in [-0.3, -0.25) is 14.5 Å². The second kappa shape index (κ2) is 19.1. The maximum atomic E-state index is 14.1. The Bertz CT molecular complexity index is 1890. The highest BCUT2D eigenvalue weighted by Gasteiger charge is 2.25.